The molecule has 0 atom stereocenters. The number of rotatable bonds is 5. The van der Waals surface area contributed by atoms with Gasteiger partial charge in [0.2, 0.25) is 0 Å². The standard InChI is InChI=1S/C24H16F2N6OS/c1-14-20(18-8-17(11-27)22(31-12-18)15-2-5-28-6-3-15)10-19(13-30-14)32-23(33)16-4-7-29-21(9-16)24(25,26)34/h2-10,12-13,34H,1H3,(H,32,33). The van der Waals surface area contributed by atoms with Crippen LogP contribution < -0.4 is 5.32 Å². The third-order valence-electron chi connectivity index (χ3n) is 4.95. The molecular formula is C24H16F2N6OS. The highest BCUT2D eigenvalue weighted by molar-refractivity contribution is 7.80. The van der Waals surface area contributed by atoms with E-state index in [1.807, 2.05) is 0 Å². The molecule has 34 heavy (non-hydrogen) atoms. The lowest BCUT2D eigenvalue weighted by atomic mass is 10.0. The number of alkyl halides is 2. The summed E-state index contributed by atoms with van der Waals surface area (Å²) in [7, 11) is 0. The summed E-state index contributed by atoms with van der Waals surface area (Å²) in [5, 5.41) is 8.84. The van der Waals surface area contributed by atoms with Crippen molar-refractivity contribution in [1.82, 2.24) is 19.9 Å². The van der Waals surface area contributed by atoms with E-state index in [1.54, 1.807) is 49.8 Å². The monoisotopic (exact) mass is 474 g/mol. The summed E-state index contributed by atoms with van der Waals surface area (Å²) in [5.41, 5.74) is 3.31. The molecular weight excluding hydrogens is 458 g/mol. The molecule has 0 aliphatic rings. The average molecular weight is 474 g/mol. The summed E-state index contributed by atoms with van der Waals surface area (Å²) in [6, 6.07) is 11.4. The number of thiol groups is 1. The number of nitrogens with zero attached hydrogens (tertiary/aromatic N) is 5. The third kappa shape index (κ3) is 4.89. The van der Waals surface area contributed by atoms with Gasteiger partial charge >= 0.3 is 5.25 Å². The molecule has 0 aliphatic carbocycles. The van der Waals surface area contributed by atoms with Gasteiger partial charge in [0.15, 0.2) is 0 Å². The van der Waals surface area contributed by atoms with Crippen LogP contribution in [0.4, 0.5) is 14.5 Å². The summed E-state index contributed by atoms with van der Waals surface area (Å²) in [6.45, 7) is 1.79. The van der Waals surface area contributed by atoms with E-state index in [0.717, 1.165) is 17.8 Å². The lowest BCUT2D eigenvalue weighted by molar-refractivity contribution is 0.101. The highest BCUT2D eigenvalue weighted by atomic mass is 32.1. The fourth-order valence-electron chi connectivity index (χ4n) is 3.27. The van der Waals surface area contributed by atoms with Crippen molar-refractivity contribution < 1.29 is 13.6 Å². The van der Waals surface area contributed by atoms with Crippen LogP contribution in [0.15, 0.2) is 67.4 Å². The number of hydrogen-bond acceptors (Lipinski definition) is 7. The Morgan fingerprint density at radius 1 is 1.03 bits per heavy atom. The van der Waals surface area contributed by atoms with E-state index in [-0.39, 0.29) is 5.56 Å². The number of amides is 1. The van der Waals surface area contributed by atoms with E-state index in [2.05, 4.69) is 44.0 Å². The second kappa shape index (κ2) is 9.33. The van der Waals surface area contributed by atoms with Gasteiger partial charge in [-0.05, 0) is 43.3 Å². The van der Waals surface area contributed by atoms with E-state index in [4.69, 9.17) is 0 Å². The zero-order chi connectivity index (χ0) is 24.3. The smallest absolute Gasteiger partial charge is 0.321 e. The number of nitriles is 1. The Morgan fingerprint density at radius 3 is 2.50 bits per heavy atom. The van der Waals surface area contributed by atoms with Crippen molar-refractivity contribution in [2.45, 2.75) is 12.2 Å². The number of hydrogen-bond donors (Lipinski definition) is 2. The van der Waals surface area contributed by atoms with Gasteiger partial charge in [-0.1, -0.05) is 12.6 Å². The summed E-state index contributed by atoms with van der Waals surface area (Å²) in [6.07, 6.45) is 7.43. The van der Waals surface area contributed by atoms with E-state index >= 15 is 0 Å². The maximum absolute atomic E-state index is 13.4. The molecule has 10 heteroatoms. The van der Waals surface area contributed by atoms with Gasteiger partial charge in [0.1, 0.15) is 11.8 Å². The van der Waals surface area contributed by atoms with Crippen molar-refractivity contribution in [3.8, 4) is 28.5 Å². The largest absolute Gasteiger partial charge is 0.333 e. The Kier molecular flexibility index (Phi) is 6.30. The van der Waals surface area contributed by atoms with Gasteiger partial charge in [-0.3, -0.25) is 24.7 Å². The molecule has 0 unspecified atom stereocenters. The number of anilines is 1. The Morgan fingerprint density at radius 2 is 1.79 bits per heavy atom. The second-order valence-electron chi connectivity index (χ2n) is 7.25. The predicted molar refractivity (Wildman–Crippen MR) is 125 cm³/mol. The van der Waals surface area contributed by atoms with Gasteiger partial charge in [-0.15, -0.1) is 0 Å². The molecule has 4 heterocycles. The number of carbonyl (C=O) groups excluding carboxylic acids is 1. The van der Waals surface area contributed by atoms with Crippen LogP contribution >= 0.6 is 12.6 Å². The third-order valence-corrected chi connectivity index (χ3v) is 5.18. The fourth-order valence-corrected chi connectivity index (χ4v) is 3.39. The Balaban J connectivity index is 1.64. The zero-order valence-corrected chi connectivity index (χ0v) is 18.6. The fraction of sp³-hybridized carbons (Fsp3) is 0.0833. The number of halogens is 2. The summed E-state index contributed by atoms with van der Waals surface area (Å²) < 4.78 is 26.9. The van der Waals surface area contributed by atoms with Crippen molar-refractivity contribution in [3.63, 3.8) is 0 Å². The normalized spacial score (nSPS) is 11.0. The molecule has 0 aliphatic heterocycles. The molecule has 168 valence electrons. The molecule has 4 rings (SSSR count). The predicted octanol–water partition coefficient (Wildman–Crippen LogP) is 5.01. The van der Waals surface area contributed by atoms with Gasteiger partial charge in [-0.25, -0.2) is 0 Å². The van der Waals surface area contributed by atoms with E-state index in [1.165, 1.54) is 12.3 Å². The minimum Gasteiger partial charge on any atom is -0.321 e. The molecule has 1 amide bonds. The Bertz CT molecular complexity index is 1420. The van der Waals surface area contributed by atoms with Crippen LogP contribution in [0, 0.1) is 18.3 Å². The van der Waals surface area contributed by atoms with Gasteiger partial charge in [-0.2, -0.15) is 14.0 Å². The molecule has 7 nitrogen and oxygen atoms in total. The number of aryl methyl sites for hydroxylation is 1. The van der Waals surface area contributed by atoms with Crippen LogP contribution in [-0.4, -0.2) is 25.8 Å². The number of carbonyl (C=O) groups is 1. The first-order valence-electron chi connectivity index (χ1n) is 9.92. The zero-order valence-electron chi connectivity index (χ0n) is 17.7. The summed E-state index contributed by atoms with van der Waals surface area (Å²) >= 11 is 3.20. The molecule has 0 bridgehead atoms. The van der Waals surface area contributed by atoms with Crippen LogP contribution in [0.5, 0.6) is 0 Å². The van der Waals surface area contributed by atoms with Crippen molar-refractivity contribution in [2.24, 2.45) is 0 Å². The van der Waals surface area contributed by atoms with Crippen LogP contribution in [-0.2, 0) is 5.25 Å². The van der Waals surface area contributed by atoms with Crippen LogP contribution in [0.3, 0.4) is 0 Å². The maximum Gasteiger partial charge on any atom is 0.333 e. The second-order valence-corrected chi connectivity index (χ2v) is 7.81. The molecule has 4 aromatic heterocycles. The van der Waals surface area contributed by atoms with Crippen molar-refractivity contribution in [3.05, 3.63) is 89.9 Å². The highest BCUT2D eigenvalue weighted by Gasteiger charge is 2.28. The number of nitrogens with one attached hydrogen (secondary N) is 1. The van der Waals surface area contributed by atoms with Crippen molar-refractivity contribution in [2.75, 3.05) is 5.32 Å². The van der Waals surface area contributed by atoms with E-state index in [0.29, 0.717) is 33.8 Å². The van der Waals surface area contributed by atoms with E-state index in [9.17, 15) is 18.8 Å². The van der Waals surface area contributed by atoms with Crippen LogP contribution in [0.25, 0.3) is 22.4 Å². The minimum atomic E-state index is -3.47. The molecule has 0 saturated heterocycles. The minimum absolute atomic E-state index is 0.00372. The van der Waals surface area contributed by atoms with Crippen LogP contribution in [0.1, 0.15) is 27.3 Å². The van der Waals surface area contributed by atoms with Gasteiger partial charge in [0, 0.05) is 52.7 Å². The van der Waals surface area contributed by atoms with E-state index < -0.39 is 16.9 Å². The van der Waals surface area contributed by atoms with Crippen molar-refractivity contribution in [1.29, 1.82) is 5.26 Å². The SMILES string of the molecule is Cc1ncc(NC(=O)c2ccnc(C(F)(F)S)c2)cc1-c1cnc(-c2ccncc2)c(C#N)c1. The Hall–Kier alpha value is -4.23. The highest BCUT2D eigenvalue weighted by Crippen LogP contribution is 2.31. The molecule has 0 saturated carbocycles. The van der Waals surface area contributed by atoms with Crippen molar-refractivity contribution >= 4 is 24.2 Å². The quantitative estimate of drug-likeness (QED) is 0.394. The molecule has 0 spiro atoms. The first kappa shape index (κ1) is 22.9. The lowest BCUT2D eigenvalue weighted by Gasteiger charge is -2.12. The first-order chi connectivity index (χ1) is 16.3. The molecule has 4 aromatic rings. The molecule has 1 N–H and O–H groups in total. The van der Waals surface area contributed by atoms with Gasteiger partial charge in [0.25, 0.3) is 5.91 Å². The average Bonchev–Trinajstić information content (AvgIpc) is 2.85. The number of aromatic nitrogens is 4. The number of pyridine rings is 4. The Labute approximate surface area is 199 Å². The molecule has 0 radical (unpaired) electrons. The van der Waals surface area contributed by atoms with Crippen LogP contribution in [0.2, 0.25) is 0 Å². The maximum atomic E-state index is 13.4. The van der Waals surface area contributed by atoms with Gasteiger partial charge in [0.05, 0.1) is 23.1 Å². The first-order valence-corrected chi connectivity index (χ1v) is 10.4. The van der Waals surface area contributed by atoms with Gasteiger partial charge < -0.3 is 5.32 Å². The molecule has 0 fully saturated rings. The topological polar surface area (TPSA) is 104 Å². The summed E-state index contributed by atoms with van der Waals surface area (Å²) in [4.78, 5) is 28.9. The lowest BCUT2D eigenvalue weighted by Crippen LogP contribution is -2.15. The molecule has 0 aromatic carbocycles. The summed E-state index contributed by atoms with van der Waals surface area (Å²) in [5.74, 6) is -0.610.